The molecule has 0 atom stereocenters. The van der Waals surface area contributed by atoms with Crippen LogP contribution in [0.5, 0.6) is 0 Å². The van der Waals surface area contributed by atoms with Gasteiger partial charge in [0.1, 0.15) is 0 Å². The largest absolute Gasteiger partial charge is 0.272 e. The Hall–Kier alpha value is -0.240. The molecule has 0 bridgehead atoms. The van der Waals surface area contributed by atoms with Crippen molar-refractivity contribution < 1.29 is 0 Å². The van der Waals surface area contributed by atoms with E-state index in [0.717, 1.165) is 17.2 Å². The van der Waals surface area contributed by atoms with Crippen molar-refractivity contribution in [1.29, 1.82) is 0 Å². The average Bonchev–Trinajstić information content (AvgIpc) is 2.12. The maximum Gasteiger partial charge on any atom is 0.0937 e. The van der Waals surface area contributed by atoms with Crippen LogP contribution < -0.4 is 0 Å². The second kappa shape index (κ2) is 3.02. The van der Waals surface area contributed by atoms with Crippen LogP contribution in [0, 0.1) is 0 Å². The Labute approximate surface area is 73.0 Å². The Morgan fingerprint density at radius 2 is 2.09 bits per heavy atom. The van der Waals surface area contributed by atoms with Crippen LogP contribution >= 0.6 is 11.8 Å². The molecule has 0 spiro atoms. The molecule has 1 aliphatic heterocycles. The van der Waals surface area contributed by atoms with Gasteiger partial charge in [-0.25, -0.2) is 0 Å². The topological polar surface area (TPSA) is 12.4 Å². The highest BCUT2D eigenvalue weighted by molar-refractivity contribution is 8.14. The lowest BCUT2D eigenvalue weighted by Gasteiger charge is -2.13. The van der Waals surface area contributed by atoms with E-state index in [1.807, 2.05) is 11.8 Å². The number of aliphatic imine (C=N–C) groups is 1. The van der Waals surface area contributed by atoms with Gasteiger partial charge < -0.3 is 0 Å². The van der Waals surface area contributed by atoms with E-state index in [-0.39, 0.29) is 5.54 Å². The average molecular weight is 169 g/mol. The predicted octanol–water partition coefficient (Wildman–Crippen LogP) is 2.88. The third-order valence-electron chi connectivity index (χ3n) is 1.38. The summed E-state index contributed by atoms with van der Waals surface area (Å²) in [7, 11) is 0. The zero-order valence-electron chi connectivity index (χ0n) is 7.48. The van der Waals surface area contributed by atoms with E-state index in [0.29, 0.717) is 0 Å². The molecule has 0 amide bonds. The van der Waals surface area contributed by atoms with E-state index in [1.165, 1.54) is 5.57 Å². The molecule has 0 aromatic rings. The number of hydrogen-bond acceptors (Lipinski definition) is 2. The highest BCUT2D eigenvalue weighted by Gasteiger charge is 2.17. The maximum absolute atomic E-state index is 4.57. The zero-order chi connectivity index (χ0) is 8.48. The molecule has 2 heteroatoms. The molecule has 1 heterocycles. The molecular weight excluding hydrogens is 154 g/mol. The highest BCUT2D eigenvalue weighted by Crippen LogP contribution is 2.27. The molecule has 1 aliphatic rings. The van der Waals surface area contributed by atoms with Crippen molar-refractivity contribution in [2.24, 2.45) is 4.99 Å². The van der Waals surface area contributed by atoms with Gasteiger partial charge in [-0.3, -0.25) is 4.99 Å². The number of nitrogens with zero attached hydrogens (tertiary/aromatic N) is 1. The van der Waals surface area contributed by atoms with E-state index in [4.69, 9.17) is 0 Å². The van der Waals surface area contributed by atoms with Crippen molar-refractivity contribution >= 4 is 16.8 Å². The summed E-state index contributed by atoms with van der Waals surface area (Å²) in [5, 5.41) is 1.16. The fourth-order valence-corrected chi connectivity index (χ4v) is 2.08. The second-order valence-electron chi connectivity index (χ2n) is 3.79. The van der Waals surface area contributed by atoms with Gasteiger partial charge in [0, 0.05) is 5.75 Å². The Balaban J connectivity index is 2.73. The van der Waals surface area contributed by atoms with Crippen LogP contribution in [0.1, 0.15) is 27.2 Å². The lowest BCUT2D eigenvalue weighted by atomic mass is 10.1. The van der Waals surface area contributed by atoms with Gasteiger partial charge in [0.05, 0.1) is 10.6 Å². The van der Waals surface area contributed by atoms with Crippen LogP contribution in [0.15, 0.2) is 17.1 Å². The smallest absolute Gasteiger partial charge is 0.0937 e. The Morgan fingerprint density at radius 1 is 1.45 bits per heavy atom. The first kappa shape index (κ1) is 8.85. The molecule has 0 radical (unpaired) electrons. The third-order valence-corrected chi connectivity index (χ3v) is 2.44. The number of thioether (sulfide) groups is 1. The van der Waals surface area contributed by atoms with Crippen LogP contribution in [0.3, 0.4) is 0 Å². The predicted molar refractivity (Wildman–Crippen MR) is 53.4 cm³/mol. The Kier molecular flexibility index (Phi) is 2.43. The number of rotatable bonds is 0. The fourth-order valence-electron chi connectivity index (χ4n) is 0.896. The standard InChI is InChI=1S/C9H15NS/c1-7-5-6-11-8(7)10-9(2,3)4/h1,5-6H2,2-4H3. The van der Waals surface area contributed by atoms with Gasteiger partial charge in [0.2, 0.25) is 0 Å². The summed E-state index contributed by atoms with van der Waals surface area (Å²) in [5.74, 6) is 1.16. The summed E-state index contributed by atoms with van der Waals surface area (Å²) < 4.78 is 0. The van der Waals surface area contributed by atoms with Gasteiger partial charge in [-0.2, -0.15) is 0 Å². The molecule has 0 N–H and O–H groups in total. The second-order valence-corrected chi connectivity index (χ2v) is 4.87. The SMILES string of the molecule is C=C1CCSC1=NC(C)(C)C. The fraction of sp³-hybridized carbons (Fsp3) is 0.667. The summed E-state index contributed by atoms with van der Waals surface area (Å²) in [6.45, 7) is 10.3. The zero-order valence-corrected chi connectivity index (χ0v) is 8.29. The van der Waals surface area contributed by atoms with Crippen molar-refractivity contribution in [2.45, 2.75) is 32.7 Å². The van der Waals surface area contributed by atoms with Gasteiger partial charge in [-0.05, 0) is 32.8 Å². The quantitative estimate of drug-likeness (QED) is 0.543. The Bertz CT molecular complexity index is 198. The van der Waals surface area contributed by atoms with Crippen LogP contribution in [0.2, 0.25) is 0 Å². The molecule has 0 aromatic carbocycles. The highest BCUT2D eigenvalue weighted by atomic mass is 32.2. The first-order chi connectivity index (χ1) is 4.99. The van der Waals surface area contributed by atoms with Gasteiger partial charge in [0.15, 0.2) is 0 Å². The summed E-state index contributed by atoms with van der Waals surface area (Å²) in [6, 6.07) is 0. The molecule has 0 unspecified atom stereocenters. The monoisotopic (exact) mass is 169 g/mol. The molecule has 1 fully saturated rings. The summed E-state index contributed by atoms with van der Waals surface area (Å²) in [4.78, 5) is 4.57. The van der Waals surface area contributed by atoms with Crippen LogP contribution in [0.4, 0.5) is 0 Å². The van der Waals surface area contributed by atoms with Crippen LogP contribution in [0.25, 0.3) is 0 Å². The Morgan fingerprint density at radius 3 is 2.45 bits per heavy atom. The third kappa shape index (κ3) is 2.70. The van der Waals surface area contributed by atoms with E-state index < -0.39 is 0 Å². The summed E-state index contributed by atoms with van der Waals surface area (Å²) in [6.07, 6.45) is 1.11. The summed E-state index contributed by atoms with van der Waals surface area (Å²) >= 11 is 1.83. The van der Waals surface area contributed by atoms with Gasteiger partial charge in [-0.1, -0.05) is 6.58 Å². The lowest BCUT2D eigenvalue weighted by Crippen LogP contribution is -2.12. The molecule has 1 rings (SSSR count). The lowest BCUT2D eigenvalue weighted by molar-refractivity contribution is 0.586. The molecule has 0 saturated carbocycles. The van der Waals surface area contributed by atoms with E-state index >= 15 is 0 Å². The molecular formula is C9H15NS. The molecule has 1 nitrogen and oxygen atoms in total. The van der Waals surface area contributed by atoms with Crippen molar-refractivity contribution in [3.05, 3.63) is 12.2 Å². The minimum atomic E-state index is 0.0512. The van der Waals surface area contributed by atoms with Gasteiger partial charge in [-0.15, -0.1) is 11.8 Å². The summed E-state index contributed by atoms with van der Waals surface area (Å²) in [5.41, 5.74) is 1.26. The van der Waals surface area contributed by atoms with Crippen LogP contribution in [-0.4, -0.2) is 16.3 Å². The van der Waals surface area contributed by atoms with E-state index in [9.17, 15) is 0 Å². The number of hydrogen-bond donors (Lipinski definition) is 0. The first-order valence-corrected chi connectivity index (χ1v) is 4.88. The van der Waals surface area contributed by atoms with Crippen molar-refractivity contribution in [1.82, 2.24) is 0 Å². The molecule has 0 aliphatic carbocycles. The normalized spacial score (nSPS) is 23.2. The van der Waals surface area contributed by atoms with Crippen molar-refractivity contribution in [2.75, 3.05) is 5.75 Å². The van der Waals surface area contributed by atoms with Gasteiger partial charge in [0.25, 0.3) is 0 Å². The van der Waals surface area contributed by atoms with E-state index in [2.05, 4.69) is 32.3 Å². The van der Waals surface area contributed by atoms with Crippen molar-refractivity contribution in [3.8, 4) is 0 Å². The molecule has 62 valence electrons. The van der Waals surface area contributed by atoms with Crippen LogP contribution in [-0.2, 0) is 0 Å². The minimum absolute atomic E-state index is 0.0512. The van der Waals surface area contributed by atoms with Gasteiger partial charge >= 0.3 is 0 Å². The first-order valence-electron chi connectivity index (χ1n) is 3.90. The molecule has 0 aromatic heterocycles. The van der Waals surface area contributed by atoms with E-state index in [1.54, 1.807) is 0 Å². The maximum atomic E-state index is 4.57. The molecule has 11 heavy (non-hydrogen) atoms. The van der Waals surface area contributed by atoms with Crippen molar-refractivity contribution in [3.63, 3.8) is 0 Å². The molecule has 1 saturated heterocycles. The minimum Gasteiger partial charge on any atom is -0.272 e.